The van der Waals surface area contributed by atoms with Crippen LogP contribution >= 0.6 is 0 Å². The van der Waals surface area contributed by atoms with Crippen molar-refractivity contribution in [1.82, 2.24) is 15.0 Å². The molecule has 2 heterocycles. The van der Waals surface area contributed by atoms with E-state index < -0.39 is 0 Å². The van der Waals surface area contributed by atoms with Crippen molar-refractivity contribution in [2.75, 3.05) is 23.8 Å². The molecule has 7 heteroatoms. The fraction of sp³-hybridized carbons (Fsp3) is 0.786. The first-order valence-electron chi connectivity index (χ1n) is 7.63. The van der Waals surface area contributed by atoms with Gasteiger partial charge in [-0.3, -0.25) is 0 Å². The van der Waals surface area contributed by atoms with E-state index in [9.17, 15) is 0 Å². The molecule has 0 aromatic carbocycles. The quantitative estimate of drug-likeness (QED) is 0.797. The van der Waals surface area contributed by atoms with Crippen molar-refractivity contribution in [3.8, 4) is 6.01 Å². The van der Waals surface area contributed by atoms with Crippen LogP contribution in [0, 0.1) is 0 Å². The first-order chi connectivity index (χ1) is 10.1. The number of hydrogen-bond acceptors (Lipinski definition) is 7. The number of aromatic nitrogens is 3. The topological polar surface area (TPSA) is 81.2 Å². The molecule has 118 valence electrons. The van der Waals surface area contributed by atoms with Gasteiger partial charge in [-0.2, -0.15) is 15.0 Å². The summed E-state index contributed by atoms with van der Waals surface area (Å²) in [5, 5.41) is 6.38. The molecule has 7 nitrogen and oxygen atoms in total. The van der Waals surface area contributed by atoms with E-state index in [0.29, 0.717) is 17.9 Å². The van der Waals surface area contributed by atoms with Crippen LogP contribution in [0.25, 0.3) is 0 Å². The summed E-state index contributed by atoms with van der Waals surface area (Å²) in [6.07, 6.45) is 2.40. The summed E-state index contributed by atoms with van der Waals surface area (Å²) in [5.74, 6) is 1.03. The van der Waals surface area contributed by atoms with Crippen LogP contribution in [0.15, 0.2) is 0 Å². The highest BCUT2D eigenvalue weighted by Gasteiger charge is 2.23. The maximum atomic E-state index is 5.68. The van der Waals surface area contributed by atoms with E-state index in [-0.39, 0.29) is 18.2 Å². The Morgan fingerprint density at radius 1 is 1.24 bits per heavy atom. The van der Waals surface area contributed by atoms with Crippen molar-refractivity contribution < 1.29 is 9.47 Å². The van der Waals surface area contributed by atoms with Crippen LogP contribution in [0.2, 0.25) is 0 Å². The molecule has 1 aliphatic rings. The standard InChI is InChI=1S/C14H25N5O2/c1-5-15-12-17-13(19-14(18-12)21-9(2)3)16-10(4)11-7-6-8-20-11/h9-11H,5-8H2,1-4H3,(H2,15,16,17,18,19). The Balaban J connectivity index is 2.10. The van der Waals surface area contributed by atoms with Crippen molar-refractivity contribution in [3.05, 3.63) is 0 Å². The Kier molecular flexibility index (Phi) is 5.55. The maximum absolute atomic E-state index is 5.68. The number of ether oxygens (including phenoxy) is 2. The van der Waals surface area contributed by atoms with E-state index in [2.05, 4.69) is 32.5 Å². The van der Waals surface area contributed by atoms with E-state index >= 15 is 0 Å². The molecule has 1 aromatic rings. The molecule has 2 rings (SSSR count). The van der Waals surface area contributed by atoms with Crippen LogP contribution in [0.5, 0.6) is 6.01 Å². The largest absolute Gasteiger partial charge is 0.461 e. The van der Waals surface area contributed by atoms with E-state index in [1.54, 1.807) is 0 Å². The fourth-order valence-corrected chi connectivity index (χ4v) is 2.22. The summed E-state index contributed by atoms with van der Waals surface area (Å²) in [4.78, 5) is 12.9. The predicted molar refractivity (Wildman–Crippen MR) is 81.8 cm³/mol. The van der Waals surface area contributed by atoms with Crippen LogP contribution in [0.3, 0.4) is 0 Å². The zero-order valence-corrected chi connectivity index (χ0v) is 13.2. The molecular formula is C14H25N5O2. The zero-order valence-electron chi connectivity index (χ0n) is 13.2. The van der Waals surface area contributed by atoms with Gasteiger partial charge in [0.25, 0.3) is 0 Å². The summed E-state index contributed by atoms with van der Waals surface area (Å²) in [7, 11) is 0. The van der Waals surface area contributed by atoms with E-state index in [4.69, 9.17) is 9.47 Å². The lowest BCUT2D eigenvalue weighted by Gasteiger charge is -2.20. The Labute approximate surface area is 125 Å². The number of nitrogens with one attached hydrogen (secondary N) is 2. The van der Waals surface area contributed by atoms with Crippen molar-refractivity contribution in [1.29, 1.82) is 0 Å². The SMILES string of the molecule is CCNc1nc(NC(C)C2CCCO2)nc(OC(C)C)n1. The van der Waals surface area contributed by atoms with Crippen LogP contribution in [0.4, 0.5) is 11.9 Å². The minimum Gasteiger partial charge on any atom is -0.461 e. The van der Waals surface area contributed by atoms with Gasteiger partial charge in [0.2, 0.25) is 11.9 Å². The van der Waals surface area contributed by atoms with Crippen LogP contribution in [0.1, 0.15) is 40.5 Å². The van der Waals surface area contributed by atoms with E-state index in [0.717, 1.165) is 26.0 Å². The molecule has 1 aromatic heterocycles. The van der Waals surface area contributed by atoms with Gasteiger partial charge in [-0.15, -0.1) is 0 Å². The Hall–Kier alpha value is -1.63. The van der Waals surface area contributed by atoms with Gasteiger partial charge in [0.05, 0.1) is 18.2 Å². The maximum Gasteiger partial charge on any atom is 0.323 e. The Morgan fingerprint density at radius 2 is 2.00 bits per heavy atom. The van der Waals surface area contributed by atoms with Crippen LogP contribution in [-0.2, 0) is 4.74 Å². The lowest BCUT2D eigenvalue weighted by atomic mass is 10.1. The average Bonchev–Trinajstić information content (AvgIpc) is 2.91. The lowest BCUT2D eigenvalue weighted by molar-refractivity contribution is 0.0994. The summed E-state index contributed by atoms with van der Waals surface area (Å²) in [6, 6.07) is 0.481. The van der Waals surface area contributed by atoms with Gasteiger partial charge < -0.3 is 20.1 Å². The second kappa shape index (κ2) is 7.40. The molecule has 1 aliphatic heterocycles. The van der Waals surface area contributed by atoms with Gasteiger partial charge in [-0.1, -0.05) is 0 Å². The summed E-state index contributed by atoms with van der Waals surface area (Å²) in [5.41, 5.74) is 0. The molecular weight excluding hydrogens is 270 g/mol. The fourth-order valence-electron chi connectivity index (χ4n) is 2.22. The molecule has 1 saturated heterocycles. The lowest BCUT2D eigenvalue weighted by Crippen LogP contribution is -2.31. The van der Waals surface area contributed by atoms with Crippen molar-refractivity contribution in [3.63, 3.8) is 0 Å². The molecule has 2 N–H and O–H groups in total. The molecule has 0 saturated carbocycles. The average molecular weight is 295 g/mol. The van der Waals surface area contributed by atoms with Gasteiger partial charge in [0.1, 0.15) is 0 Å². The summed E-state index contributed by atoms with van der Waals surface area (Å²) >= 11 is 0. The van der Waals surface area contributed by atoms with Gasteiger partial charge in [-0.05, 0) is 40.5 Å². The highest BCUT2D eigenvalue weighted by Crippen LogP contribution is 2.19. The molecule has 0 amide bonds. The van der Waals surface area contributed by atoms with E-state index in [1.807, 2.05) is 20.8 Å². The first kappa shape index (κ1) is 15.8. The number of rotatable bonds is 7. The second-order valence-electron chi connectivity index (χ2n) is 5.45. The highest BCUT2D eigenvalue weighted by atomic mass is 16.5. The molecule has 2 atom stereocenters. The highest BCUT2D eigenvalue weighted by molar-refractivity contribution is 5.36. The molecule has 0 aliphatic carbocycles. The number of hydrogen-bond donors (Lipinski definition) is 2. The Morgan fingerprint density at radius 3 is 2.62 bits per heavy atom. The third-order valence-electron chi connectivity index (χ3n) is 3.17. The van der Waals surface area contributed by atoms with Gasteiger partial charge in [0.15, 0.2) is 0 Å². The molecule has 2 unspecified atom stereocenters. The zero-order chi connectivity index (χ0) is 15.2. The first-order valence-corrected chi connectivity index (χ1v) is 7.63. The minimum atomic E-state index is 0.0188. The number of anilines is 2. The normalized spacial score (nSPS) is 19.6. The molecule has 21 heavy (non-hydrogen) atoms. The van der Waals surface area contributed by atoms with Gasteiger partial charge in [0, 0.05) is 13.2 Å². The van der Waals surface area contributed by atoms with Crippen LogP contribution in [-0.4, -0.2) is 46.4 Å². The smallest absolute Gasteiger partial charge is 0.323 e. The summed E-state index contributed by atoms with van der Waals surface area (Å²) < 4.78 is 11.3. The van der Waals surface area contributed by atoms with Gasteiger partial charge >= 0.3 is 6.01 Å². The summed E-state index contributed by atoms with van der Waals surface area (Å²) in [6.45, 7) is 9.53. The number of nitrogens with zero attached hydrogens (tertiary/aromatic N) is 3. The van der Waals surface area contributed by atoms with Crippen molar-refractivity contribution in [2.24, 2.45) is 0 Å². The van der Waals surface area contributed by atoms with Gasteiger partial charge in [-0.25, -0.2) is 0 Å². The molecule has 0 radical (unpaired) electrons. The van der Waals surface area contributed by atoms with Crippen molar-refractivity contribution >= 4 is 11.9 Å². The van der Waals surface area contributed by atoms with Crippen LogP contribution < -0.4 is 15.4 Å². The monoisotopic (exact) mass is 295 g/mol. The van der Waals surface area contributed by atoms with E-state index in [1.165, 1.54) is 0 Å². The third-order valence-corrected chi connectivity index (χ3v) is 3.17. The second-order valence-corrected chi connectivity index (χ2v) is 5.45. The molecule has 0 spiro atoms. The predicted octanol–water partition coefficient (Wildman–Crippen LogP) is 2.07. The minimum absolute atomic E-state index is 0.0188. The third kappa shape index (κ3) is 4.70. The Bertz CT molecular complexity index is 449. The molecule has 0 bridgehead atoms. The van der Waals surface area contributed by atoms with Crippen molar-refractivity contribution in [2.45, 2.75) is 58.8 Å². The molecule has 1 fully saturated rings.